The minimum absolute atomic E-state index is 0.128. The summed E-state index contributed by atoms with van der Waals surface area (Å²) in [4.78, 5) is 60.1. The maximum atomic E-state index is 13.7. The number of amides is 4. The van der Waals surface area contributed by atoms with E-state index in [-0.39, 0.29) is 45.1 Å². The van der Waals surface area contributed by atoms with Gasteiger partial charge in [0.2, 0.25) is 11.8 Å². The van der Waals surface area contributed by atoms with E-state index in [0.29, 0.717) is 30.7 Å². The number of carbonyl (C=O) groups excluding carboxylic acids is 4. The third-order valence-electron chi connectivity index (χ3n) is 7.31. The summed E-state index contributed by atoms with van der Waals surface area (Å²) in [5.41, 5.74) is 0.760. The standard InChI is InChI=1S/C36H54N4O11/c1-5-6-11-20-37-32(41)31(22-26-16-18-28(19-17-26)50-29(24-48-45)25-49-46)39-33(42)30(40-35(44)51-36(2,3)4)15-10-12-21-38-34(43)47-23-27-13-8-7-9-14-27/h7-9,13-14,16-19,29-31,45-46H,5-6,10-12,15,20-25H2,1-4H3,(H,37,41)(H,38,43)(H,39,42)(H,40,44). The van der Waals surface area contributed by atoms with Crippen LogP contribution in [0.25, 0.3) is 0 Å². The number of benzene rings is 2. The second-order valence-corrected chi connectivity index (χ2v) is 12.9. The van der Waals surface area contributed by atoms with Gasteiger partial charge in [-0.2, -0.15) is 0 Å². The first-order chi connectivity index (χ1) is 24.4. The number of ether oxygens (including phenoxy) is 3. The summed E-state index contributed by atoms with van der Waals surface area (Å²) in [6, 6.07) is 14.0. The second-order valence-electron chi connectivity index (χ2n) is 12.9. The Hall–Kier alpha value is -4.44. The second kappa shape index (κ2) is 23.9. The topological polar surface area (TPSA) is 203 Å². The Labute approximate surface area is 299 Å². The molecule has 51 heavy (non-hydrogen) atoms. The Kier molecular flexibility index (Phi) is 20.0. The zero-order chi connectivity index (χ0) is 37.5. The van der Waals surface area contributed by atoms with Gasteiger partial charge in [-0.05, 0) is 69.7 Å². The highest BCUT2D eigenvalue weighted by atomic mass is 17.1. The van der Waals surface area contributed by atoms with Crippen molar-refractivity contribution in [1.82, 2.24) is 21.3 Å². The van der Waals surface area contributed by atoms with Gasteiger partial charge in [0.1, 0.15) is 43.3 Å². The van der Waals surface area contributed by atoms with E-state index >= 15 is 0 Å². The predicted octanol–water partition coefficient (Wildman–Crippen LogP) is 4.74. The average Bonchev–Trinajstić information content (AvgIpc) is 3.08. The minimum atomic E-state index is -1.03. The quantitative estimate of drug-likeness (QED) is 0.0527. The van der Waals surface area contributed by atoms with E-state index < -0.39 is 41.9 Å². The van der Waals surface area contributed by atoms with Gasteiger partial charge in [0, 0.05) is 19.5 Å². The summed E-state index contributed by atoms with van der Waals surface area (Å²) in [6.45, 7) is 7.56. The van der Waals surface area contributed by atoms with E-state index in [4.69, 9.17) is 24.7 Å². The van der Waals surface area contributed by atoms with Crippen molar-refractivity contribution < 1.29 is 53.7 Å². The van der Waals surface area contributed by atoms with Gasteiger partial charge in [-0.1, -0.05) is 62.2 Å². The molecule has 2 aromatic rings. The molecule has 0 saturated heterocycles. The molecule has 0 aliphatic heterocycles. The Morgan fingerprint density at radius 1 is 0.725 bits per heavy atom. The predicted molar refractivity (Wildman–Crippen MR) is 188 cm³/mol. The monoisotopic (exact) mass is 718 g/mol. The molecule has 2 atom stereocenters. The Balaban J connectivity index is 2.09. The van der Waals surface area contributed by atoms with E-state index in [0.717, 1.165) is 24.8 Å². The largest absolute Gasteiger partial charge is 0.485 e. The smallest absolute Gasteiger partial charge is 0.408 e. The Morgan fingerprint density at radius 2 is 1.37 bits per heavy atom. The van der Waals surface area contributed by atoms with Gasteiger partial charge in [0.15, 0.2) is 6.10 Å². The molecule has 0 aromatic heterocycles. The van der Waals surface area contributed by atoms with Crippen molar-refractivity contribution in [2.45, 2.75) is 103 Å². The lowest BCUT2D eigenvalue weighted by Gasteiger charge is -2.25. The lowest BCUT2D eigenvalue weighted by Crippen LogP contribution is -2.55. The molecular formula is C36H54N4O11. The molecule has 0 radical (unpaired) electrons. The van der Waals surface area contributed by atoms with Gasteiger partial charge in [-0.25, -0.2) is 19.4 Å². The molecule has 0 aliphatic rings. The first kappa shape index (κ1) is 42.7. The van der Waals surface area contributed by atoms with Gasteiger partial charge < -0.3 is 35.5 Å². The maximum Gasteiger partial charge on any atom is 0.408 e. The lowest BCUT2D eigenvalue weighted by molar-refractivity contribution is -0.286. The minimum Gasteiger partial charge on any atom is -0.485 e. The van der Waals surface area contributed by atoms with Gasteiger partial charge >= 0.3 is 12.2 Å². The van der Waals surface area contributed by atoms with Gasteiger partial charge in [0.05, 0.1) is 0 Å². The number of alkyl carbamates (subject to hydrolysis) is 2. The van der Waals surface area contributed by atoms with Crippen LogP contribution in [-0.4, -0.2) is 84.6 Å². The van der Waals surface area contributed by atoms with Crippen molar-refractivity contribution in [3.8, 4) is 5.75 Å². The summed E-state index contributed by atoms with van der Waals surface area (Å²) >= 11 is 0. The van der Waals surface area contributed by atoms with Crippen molar-refractivity contribution in [1.29, 1.82) is 0 Å². The van der Waals surface area contributed by atoms with Crippen LogP contribution in [-0.2, 0) is 41.9 Å². The van der Waals surface area contributed by atoms with Gasteiger partial charge in [0.25, 0.3) is 0 Å². The maximum absolute atomic E-state index is 13.7. The normalized spacial score (nSPS) is 12.4. The Morgan fingerprint density at radius 3 is 2.00 bits per heavy atom. The highest BCUT2D eigenvalue weighted by Crippen LogP contribution is 2.16. The third-order valence-corrected chi connectivity index (χ3v) is 7.31. The van der Waals surface area contributed by atoms with Crippen LogP contribution in [0.3, 0.4) is 0 Å². The number of hydrogen-bond donors (Lipinski definition) is 6. The molecule has 284 valence electrons. The fourth-order valence-corrected chi connectivity index (χ4v) is 4.76. The molecule has 0 heterocycles. The first-order valence-corrected chi connectivity index (χ1v) is 17.2. The van der Waals surface area contributed by atoms with Crippen LogP contribution in [0.2, 0.25) is 0 Å². The zero-order valence-corrected chi connectivity index (χ0v) is 30.0. The number of rotatable bonds is 23. The van der Waals surface area contributed by atoms with Crippen LogP contribution in [0.15, 0.2) is 54.6 Å². The summed E-state index contributed by atoms with van der Waals surface area (Å²) in [6.07, 6.45) is 1.84. The van der Waals surface area contributed by atoms with Crippen LogP contribution >= 0.6 is 0 Å². The van der Waals surface area contributed by atoms with Gasteiger partial charge in [-0.15, -0.1) is 0 Å². The average molecular weight is 719 g/mol. The highest BCUT2D eigenvalue weighted by molar-refractivity contribution is 5.91. The summed E-state index contributed by atoms with van der Waals surface area (Å²) in [7, 11) is 0. The number of hydrogen-bond acceptors (Lipinski definition) is 11. The summed E-state index contributed by atoms with van der Waals surface area (Å²) in [5.74, 6) is -0.558. The molecule has 2 unspecified atom stereocenters. The molecule has 0 saturated carbocycles. The third kappa shape index (κ3) is 18.9. The summed E-state index contributed by atoms with van der Waals surface area (Å²) < 4.78 is 16.3. The van der Waals surface area contributed by atoms with Crippen LogP contribution in [0.4, 0.5) is 9.59 Å². The van der Waals surface area contributed by atoms with Crippen molar-refractivity contribution >= 4 is 24.0 Å². The van der Waals surface area contributed by atoms with Crippen molar-refractivity contribution in [3.63, 3.8) is 0 Å². The molecule has 0 fully saturated rings. The van der Waals surface area contributed by atoms with Crippen LogP contribution < -0.4 is 26.0 Å². The molecule has 15 heteroatoms. The van der Waals surface area contributed by atoms with Crippen molar-refractivity contribution in [2.24, 2.45) is 0 Å². The van der Waals surface area contributed by atoms with Crippen molar-refractivity contribution in [2.75, 3.05) is 26.3 Å². The highest BCUT2D eigenvalue weighted by Gasteiger charge is 2.28. The van der Waals surface area contributed by atoms with E-state index in [2.05, 4.69) is 38.0 Å². The van der Waals surface area contributed by atoms with E-state index in [1.54, 1.807) is 45.0 Å². The number of carbonyl (C=O) groups is 4. The first-order valence-electron chi connectivity index (χ1n) is 17.2. The zero-order valence-electron chi connectivity index (χ0n) is 30.0. The molecule has 2 aromatic carbocycles. The molecule has 0 bridgehead atoms. The molecular weight excluding hydrogens is 664 g/mol. The van der Waals surface area contributed by atoms with E-state index in [1.807, 2.05) is 30.3 Å². The fraction of sp³-hybridized carbons (Fsp3) is 0.556. The molecule has 6 N–H and O–H groups in total. The molecule has 15 nitrogen and oxygen atoms in total. The number of unbranched alkanes of at least 4 members (excludes halogenated alkanes) is 3. The molecule has 0 aliphatic carbocycles. The van der Waals surface area contributed by atoms with Crippen molar-refractivity contribution in [3.05, 3.63) is 65.7 Å². The van der Waals surface area contributed by atoms with Crippen LogP contribution in [0, 0.1) is 0 Å². The van der Waals surface area contributed by atoms with E-state index in [1.165, 1.54) is 0 Å². The number of nitrogens with one attached hydrogen (secondary N) is 4. The molecule has 4 amide bonds. The molecule has 2 rings (SSSR count). The van der Waals surface area contributed by atoms with E-state index in [9.17, 15) is 19.2 Å². The fourth-order valence-electron chi connectivity index (χ4n) is 4.76. The Bertz CT molecular complexity index is 1300. The summed E-state index contributed by atoms with van der Waals surface area (Å²) in [5, 5.41) is 28.5. The SMILES string of the molecule is CCCCCNC(=O)C(Cc1ccc(OC(COO)COO)cc1)NC(=O)C(CCCCNC(=O)OCc1ccccc1)NC(=O)OC(C)(C)C. The lowest BCUT2D eigenvalue weighted by atomic mass is 10.0. The van der Waals surface area contributed by atoms with Crippen LogP contribution in [0.1, 0.15) is 77.3 Å². The van der Waals surface area contributed by atoms with Gasteiger partial charge in [-0.3, -0.25) is 20.1 Å². The van der Waals surface area contributed by atoms with Crippen LogP contribution in [0.5, 0.6) is 5.75 Å². The molecule has 0 spiro atoms.